The molecule has 1 aromatic carbocycles. The zero-order valence-corrected chi connectivity index (χ0v) is 8.97. The molecule has 1 N–H and O–H groups in total. The standard InChI is InChI=1S/C12H13FN2O/c1-15-7-11(14-8-15)12(16)6-9-3-2-4-10(13)5-9/h2-5,7-8,12,16H,6H2,1H3. The van der Waals surface area contributed by atoms with E-state index in [4.69, 9.17) is 0 Å². The number of aryl methyl sites for hydroxylation is 1. The zero-order valence-electron chi connectivity index (χ0n) is 8.97. The highest BCUT2D eigenvalue weighted by molar-refractivity contribution is 5.18. The molecule has 0 spiro atoms. The van der Waals surface area contributed by atoms with Gasteiger partial charge >= 0.3 is 0 Å². The fraction of sp³-hybridized carbons (Fsp3) is 0.250. The Morgan fingerprint density at radius 3 is 2.94 bits per heavy atom. The summed E-state index contributed by atoms with van der Waals surface area (Å²) in [7, 11) is 1.84. The molecule has 0 fully saturated rings. The molecule has 0 bridgehead atoms. The third kappa shape index (κ3) is 2.46. The van der Waals surface area contributed by atoms with Crippen LogP contribution in [0.4, 0.5) is 4.39 Å². The lowest BCUT2D eigenvalue weighted by Gasteiger charge is -2.07. The van der Waals surface area contributed by atoms with Crippen LogP contribution in [0.5, 0.6) is 0 Å². The van der Waals surface area contributed by atoms with E-state index in [1.165, 1.54) is 12.1 Å². The molecule has 3 nitrogen and oxygen atoms in total. The summed E-state index contributed by atoms with van der Waals surface area (Å²) in [4.78, 5) is 4.05. The Morgan fingerprint density at radius 2 is 2.31 bits per heavy atom. The van der Waals surface area contributed by atoms with E-state index in [0.29, 0.717) is 12.1 Å². The van der Waals surface area contributed by atoms with Crippen LogP contribution in [0.1, 0.15) is 17.4 Å². The highest BCUT2D eigenvalue weighted by Gasteiger charge is 2.11. The molecule has 4 heteroatoms. The van der Waals surface area contributed by atoms with Crippen LogP contribution < -0.4 is 0 Å². The zero-order chi connectivity index (χ0) is 11.5. The molecule has 1 aromatic heterocycles. The van der Waals surface area contributed by atoms with Crippen LogP contribution in [0.25, 0.3) is 0 Å². The Bertz CT molecular complexity index is 481. The number of halogens is 1. The van der Waals surface area contributed by atoms with E-state index in [1.54, 1.807) is 29.2 Å². The first-order chi connectivity index (χ1) is 7.65. The summed E-state index contributed by atoms with van der Waals surface area (Å²) in [6.45, 7) is 0. The quantitative estimate of drug-likeness (QED) is 0.857. The molecule has 16 heavy (non-hydrogen) atoms. The third-order valence-electron chi connectivity index (χ3n) is 2.38. The first-order valence-electron chi connectivity index (χ1n) is 5.05. The van der Waals surface area contributed by atoms with Crippen molar-refractivity contribution >= 4 is 0 Å². The molecule has 0 saturated heterocycles. The minimum Gasteiger partial charge on any atom is -0.386 e. The fourth-order valence-electron chi connectivity index (χ4n) is 1.60. The van der Waals surface area contributed by atoms with Crippen LogP contribution in [-0.2, 0) is 13.5 Å². The van der Waals surface area contributed by atoms with Crippen LogP contribution in [0.15, 0.2) is 36.8 Å². The number of hydrogen-bond acceptors (Lipinski definition) is 2. The predicted octanol–water partition coefficient (Wildman–Crippen LogP) is 1.84. The molecule has 84 valence electrons. The lowest BCUT2D eigenvalue weighted by molar-refractivity contribution is 0.174. The van der Waals surface area contributed by atoms with Crippen molar-refractivity contribution in [1.82, 2.24) is 9.55 Å². The molecular formula is C12H13FN2O. The number of aliphatic hydroxyl groups excluding tert-OH is 1. The average Bonchev–Trinajstić information content (AvgIpc) is 2.65. The number of imidazole rings is 1. The Balaban J connectivity index is 2.10. The molecular weight excluding hydrogens is 207 g/mol. The van der Waals surface area contributed by atoms with Crippen molar-refractivity contribution in [2.24, 2.45) is 7.05 Å². The van der Waals surface area contributed by atoms with Gasteiger partial charge in [-0.3, -0.25) is 0 Å². The average molecular weight is 220 g/mol. The maximum Gasteiger partial charge on any atom is 0.123 e. The normalized spacial score (nSPS) is 12.7. The van der Waals surface area contributed by atoms with E-state index < -0.39 is 6.10 Å². The van der Waals surface area contributed by atoms with E-state index in [2.05, 4.69) is 4.98 Å². The van der Waals surface area contributed by atoms with Crippen molar-refractivity contribution in [2.45, 2.75) is 12.5 Å². The van der Waals surface area contributed by atoms with Crippen molar-refractivity contribution in [1.29, 1.82) is 0 Å². The van der Waals surface area contributed by atoms with E-state index in [9.17, 15) is 9.50 Å². The largest absolute Gasteiger partial charge is 0.386 e. The summed E-state index contributed by atoms with van der Waals surface area (Å²) < 4.78 is 14.7. The second-order valence-corrected chi connectivity index (χ2v) is 3.81. The van der Waals surface area contributed by atoms with Crippen molar-refractivity contribution in [2.75, 3.05) is 0 Å². The molecule has 1 unspecified atom stereocenters. The van der Waals surface area contributed by atoms with E-state index >= 15 is 0 Å². The smallest absolute Gasteiger partial charge is 0.123 e. The maximum absolute atomic E-state index is 12.9. The lowest BCUT2D eigenvalue weighted by atomic mass is 10.1. The Morgan fingerprint density at radius 1 is 1.50 bits per heavy atom. The second kappa shape index (κ2) is 4.45. The topological polar surface area (TPSA) is 38.0 Å². The lowest BCUT2D eigenvalue weighted by Crippen LogP contribution is -2.02. The maximum atomic E-state index is 12.9. The monoisotopic (exact) mass is 220 g/mol. The Hall–Kier alpha value is -1.68. The predicted molar refractivity (Wildman–Crippen MR) is 58.3 cm³/mol. The minimum absolute atomic E-state index is 0.286. The van der Waals surface area contributed by atoms with Crippen molar-refractivity contribution in [3.8, 4) is 0 Å². The van der Waals surface area contributed by atoms with Crippen LogP contribution in [0.3, 0.4) is 0 Å². The van der Waals surface area contributed by atoms with Gasteiger partial charge in [0.2, 0.25) is 0 Å². The van der Waals surface area contributed by atoms with Gasteiger partial charge in [0.1, 0.15) is 11.9 Å². The number of aromatic nitrogens is 2. The fourth-order valence-corrected chi connectivity index (χ4v) is 1.60. The van der Waals surface area contributed by atoms with E-state index in [1.807, 2.05) is 7.05 Å². The summed E-state index contributed by atoms with van der Waals surface area (Å²) in [6.07, 6.45) is 3.06. The summed E-state index contributed by atoms with van der Waals surface area (Å²) in [5, 5.41) is 9.88. The van der Waals surface area contributed by atoms with Crippen LogP contribution in [0, 0.1) is 5.82 Å². The van der Waals surface area contributed by atoms with Crippen molar-refractivity contribution < 1.29 is 9.50 Å². The molecule has 0 saturated carbocycles. The third-order valence-corrected chi connectivity index (χ3v) is 2.38. The summed E-state index contributed by atoms with van der Waals surface area (Å²) in [6, 6.07) is 6.23. The summed E-state index contributed by atoms with van der Waals surface area (Å²) in [5.41, 5.74) is 1.37. The number of nitrogens with zero attached hydrogens (tertiary/aromatic N) is 2. The van der Waals surface area contributed by atoms with Gasteiger partial charge in [0.25, 0.3) is 0 Å². The Labute approximate surface area is 93.2 Å². The summed E-state index contributed by atoms with van der Waals surface area (Å²) in [5.74, 6) is -0.286. The van der Waals surface area contributed by atoms with Gasteiger partial charge in [-0.15, -0.1) is 0 Å². The SMILES string of the molecule is Cn1cnc(C(O)Cc2cccc(F)c2)c1. The summed E-state index contributed by atoms with van der Waals surface area (Å²) >= 11 is 0. The van der Waals surface area contributed by atoms with E-state index in [-0.39, 0.29) is 5.82 Å². The number of benzene rings is 1. The van der Waals surface area contributed by atoms with Crippen molar-refractivity contribution in [3.63, 3.8) is 0 Å². The van der Waals surface area contributed by atoms with Gasteiger partial charge in [0, 0.05) is 19.7 Å². The van der Waals surface area contributed by atoms with Gasteiger partial charge in [0.15, 0.2) is 0 Å². The van der Waals surface area contributed by atoms with Crippen LogP contribution >= 0.6 is 0 Å². The molecule has 2 aromatic rings. The molecule has 0 aliphatic heterocycles. The first kappa shape index (κ1) is 10.8. The number of aliphatic hydroxyl groups is 1. The first-order valence-corrected chi connectivity index (χ1v) is 5.05. The molecule has 0 aliphatic rings. The molecule has 2 rings (SSSR count). The van der Waals surface area contributed by atoms with Gasteiger partial charge in [-0.2, -0.15) is 0 Å². The highest BCUT2D eigenvalue weighted by Crippen LogP contribution is 2.16. The molecule has 0 amide bonds. The highest BCUT2D eigenvalue weighted by atomic mass is 19.1. The van der Waals surface area contributed by atoms with Gasteiger partial charge < -0.3 is 9.67 Å². The van der Waals surface area contributed by atoms with Crippen molar-refractivity contribution in [3.05, 3.63) is 53.9 Å². The number of hydrogen-bond donors (Lipinski definition) is 1. The van der Waals surface area contributed by atoms with Gasteiger partial charge in [-0.1, -0.05) is 12.1 Å². The van der Waals surface area contributed by atoms with Crippen LogP contribution in [-0.4, -0.2) is 14.7 Å². The Kier molecular flexibility index (Phi) is 3.01. The minimum atomic E-state index is -0.692. The number of rotatable bonds is 3. The second-order valence-electron chi connectivity index (χ2n) is 3.81. The molecule has 0 radical (unpaired) electrons. The molecule has 0 aliphatic carbocycles. The van der Waals surface area contributed by atoms with E-state index in [0.717, 1.165) is 5.56 Å². The van der Waals surface area contributed by atoms with Crippen LogP contribution in [0.2, 0.25) is 0 Å². The van der Waals surface area contributed by atoms with Gasteiger partial charge in [0.05, 0.1) is 12.0 Å². The van der Waals surface area contributed by atoms with Gasteiger partial charge in [-0.05, 0) is 17.7 Å². The molecule has 1 heterocycles. The van der Waals surface area contributed by atoms with Gasteiger partial charge in [-0.25, -0.2) is 9.37 Å². The molecule has 1 atom stereocenters.